The van der Waals surface area contributed by atoms with Gasteiger partial charge in [-0.25, -0.2) is 4.98 Å². The second kappa shape index (κ2) is 6.52. The van der Waals surface area contributed by atoms with Gasteiger partial charge in [0.25, 0.3) is 0 Å². The Kier molecular flexibility index (Phi) is 4.99. The molecule has 1 fully saturated rings. The third-order valence-corrected chi connectivity index (χ3v) is 3.96. The molecule has 0 amide bonds. The van der Waals surface area contributed by atoms with E-state index in [0.717, 1.165) is 43.0 Å². The fourth-order valence-corrected chi connectivity index (χ4v) is 2.72. The van der Waals surface area contributed by atoms with Crippen LogP contribution in [-0.4, -0.2) is 53.6 Å². The second-order valence-corrected chi connectivity index (χ2v) is 5.87. The zero-order chi connectivity index (χ0) is 13.8. The number of nitrogens with one attached hydrogen (secondary N) is 1. The standard InChI is InChI=1S/C13H22BrN5/c1-4-15-13-16-9-11(14)12(17-13)19-7-5-18(6-8-19)10(2)3/h9-10H,4-8H2,1-3H3,(H,15,16,17). The maximum atomic E-state index is 4.59. The summed E-state index contributed by atoms with van der Waals surface area (Å²) in [6, 6.07) is 0.619. The number of nitrogens with zero attached hydrogens (tertiary/aromatic N) is 4. The maximum absolute atomic E-state index is 4.59. The third-order valence-electron chi connectivity index (χ3n) is 3.40. The molecule has 6 heteroatoms. The smallest absolute Gasteiger partial charge is 0.224 e. The Balaban J connectivity index is 2.08. The van der Waals surface area contributed by atoms with Crippen LogP contribution in [0.25, 0.3) is 0 Å². The maximum Gasteiger partial charge on any atom is 0.224 e. The van der Waals surface area contributed by atoms with Crippen LogP contribution in [0.5, 0.6) is 0 Å². The van der Waals surface area contributed by atoms with Gasteiger partial charge < -0.3 is 10.2 Å². The molecule has 1 N–H and O–H groups in total. The van der Waals surface area contributed by atoms with Crippen molar-refractivity contribution >= 4 is 27.7 Å². The quantitative estimate of drug-likeness (QED) is 0.918. The molecule has 1 aliphatic heterocycles. The number of anilines is 2. The van der Waals surface area contributed by atoms with E-state index in [9.17, 15) is 0 Å². The van der Waals surface area contributed by atoms with Crippen molar-refractivity contribution in [2.75, 3.05) is 42.9 Å². The summed E-state index contributed by atoms with van der Waals surface area (Å²) in [5, 5.41) is 3.16. The molecule has 0 saturated carbocycles. The van der Waals surface area contributed by atoms with Crippen LogP contribution in [0.4, 0.5) is 11.8 Å². The highest BCUT2D eigenvalue weighted by atomic mass is 79.9. The molecular weight excluding hydrogens is 306 g/mol. The van der Waals surface area contributed by atoms with Gasteiger partial charge in [-0.05, 0) is 36.7 Å². The largest absolute Gasteiger partial charge is 0.354 e. The van der Waals surface area contributed by atoms with Crippen molar-refractivity contribution in [2.45, 2.75) is 26.8 Å². The molecule has 0 spiro atoms. The van der Waals surface area contributed by atoms with E-state index >= 15 is 0 Å². The summed E-state index contributed by atoms with van der Waals surface area (Å²) in [5.41, 5.74) is 0. The van der Waals surface area contributed by atoms with Crippen molar-refractivity contribution in [3.63, 3.8) is 0 Å². The number of halogens is 1. The van der Waals surface area contributed by atoms with Crippen molar-refractivity contribution in [2.24, 2.45) is 0 Å². The highest BCUT2D eigenvalue weighted by molar-refractivity contribution is 9.10. The summed E-state index contributed by atoms with van der Waals surface area (Å²) < 4.78 is 0.965. The first-order valence-electron chi connectivity index (χ1n) is 6.87. The van der Waals surface area contributed by atoms with Crippen LogP contribution >= 0.6 is 15.9 Å². The Bertz CT molecular complexity index is 415. The molecule has 5 nitrogen and oxygen atoms in total. The molecule has 1 aromatic rings. The summed E-state index contributed by atoms with van der Waals surface area (Å²) >= 11 is 3.55. The highest BCUT2D eigenvalue weighted by Crippen LogP contribution is 2.25. The van der Waals surface area contributed by atoms with Crippen LogP contribution in [0.3, 0.4) is 0 Å². The third kappa shape index (κ3) is 3.57. The van der Waals surface area contributed by atoms with Crippen molar-refractivity contribution in [3.05, 3.63) is 10.7 Å². The average molecular weight is 328 g/mol. The van der Waals surface area contributed by atoms with E-state index in [2.05, 4.69) is 54.9 Å². The molecule has 1 aliphatic rings. The van der Waals surface area contributed by atoms with Gasteiger partial charge in [-0.2, -0.15) is 4.98 Å². The molecule has 1 aromatic heterocycles. The van der Waals surface area contributed by atoms with E-state index in [1.54, 1.807) is 0 Å². The number of hydrogen-bond acceptors (Lipinski definition) is 5. The van der Waals surface area contributed by atoms with Crippen molar-refractivity contribution in [1.29, 1.82) is 0 Å². The summed E-state index contributed by atoms with van der Waals surface area (Å²) in [5.74, 6) is 1.70. The number of piperazine rings is 1. The van der Waals surface area contributed by atoms with E-state index in [1.807, 2.05) is 13.1 Å². The Labute approximate surface area is 123 Å². The Morgan fingerprint density at radius 2 is 2.00 bits per heavy atom. The van der Waals surface area contributed by atoms with Crippen molar-refractivity contribution < 1.29 is 0 Å². The predicted octanol–water partition coefficient (Wildman–Crippen LogP) is 2.20. The Hall–Kier alpha value is -0.880. The van der Waals surface area contributed by atoms with Gasteiger partial charge in [-0.15, -0.1) is 0 Å². The summed E-state index contributed by atoms with van der Waals surface area (Å²) in [6.45, 7) is 11.6. The van der Waals surface area contributed by atoms with Crippen LogP contribution in [0.1, 0.15) is 20.8 Å². The van der Waals surface area contributed by atoms with Gasteiger partial charge in [0.2, 0.25) is 5.95 Å². The van der Waals surface area contributed by atoms with E-state index < -0.39 is 0 Å². The highest BCUT2D eigenvalue weighted by Gasteiger charge is 2.21. The molecule has 0 aromatic carbocycles. The van der Waals surface area contributed by atoms with Crippen LogP contribution in [0, 0.1) is 0 Å². The molecule has 0 aliphatic carbocycles. The zero-order valence-corrected chi connectivity index (χ0v) is 13.4. The van der Waals surface area contributed by atoms with E-state index in [0.29, 0.717) is 12.0 Å². The van der Waals surface area contributed by atoms with Gasteiger partial charge in [0.1, 0.15) is 5.82 Å². The van der Waals surface area contributed by atoms with Crippen LogP contribution in [0.2, 0.25) is 0 Å². The van der Waals surface area contributed by atoms with E-state index in [1.165, 1.54) is 0 Å². The average Bonchev–Trinajstić information content (AvgIpc) is 2.41. The van der Waals surface area contributed by atoms with Gasteiger partial charge in [0, 0.05) is 45.0 Å². The molecule has 0 atom stereocenters. The monoisotopic (exact) mass is 327 g/mol. The van der Waals surface area contributed by atoms with E-state index in [-0.39, 0.29) is 0 Å². The first-order valence-corrected chi connectivity index (χ1v) is 7.66. The SMILES string of the molecule is CCNc1ncc(Br)c(N2CCN(C(C)C)CC2)n1. The van der Waals surface area contributed by atoms with Crippen molar-refractivity contribution in [1.82, 2.24) is 14.9 Å². The normalized spacial score (nSPS) is 17.0. The van der Waals surface area contributed by atoms with E-state index in [4.69, 9.17) is 0 Å². The summed E-state index contributed by atoms with van der Waals surface area (Å²) in [7, 11) is 0. The molecular formula is C13H22BrN5. The molecule has 106 valence electrons. The number of hydrogen-bond donors (Lipinski definition) is 1. The fourth-order valence-electron chi connectivity index (χ4n) is 2.27. The fraction of sp³-hybridized carbons (Fsp3) is 0.692. The summed E-state index contributed by atoms with van der Waals surface area (Å²) in [4.78, 5) is 13.7. The lowest BCUT2D eigenvalue weighted by molar-refractivity contribution is 0.209. The number of rotatable bonds is 4. The molecule has 0 radical (unpaired) electrons. The minimum atomic E-state index is 0.619. The number of aromatic nitrogens is 2. The first kappa shape index (κ1) is 14.5. The molecule has 0 unspecified atom stereocenters. The van der Waals surface area contributed by atoms with Crippen LogP contribution in [-0.2, 0) is 0 Å². The minimum absolute atomic E-state index is 0.619. The van der Waals surface area contributed by atoms with Gasteiger partial charge >= 0.3 is 0 Å². The Morgan fingerprint density at radius 3 is 2.58 bits per heavy atom. The van der Waals surface area contributed by atoms with Gasteiger partial charge in [-0.3, -0.25) is 4.90 Å². The van der Waals surface area contributed by atoms with Gasteiger partial charge in [0.05, 0.1) is 4.47 Å². The van der Waals surface area contributed by atoms with Gasteiger partial charge in [-0.1, -0.05) is 0 Å². The lowest BCUT2D eigenvalue weighted by atomic mass is 10.2. The summed E-state index contributed by atoms with van der Waals surface area (Å²) in [6.07, 6.45) is 1.83. The molecule has 0 bridgehead atoms. The van der Waals surface area contributed by atoms with Gasteiger partial charge in [0.15, 0.2) is 0 Å². The first-order chi connectivity index (χ1) is 9.11. The lowest BCUT2D eigenvalue weighted by Crippen LogP contribution is -2.49. The second-order valence-electron chi connectivity index (χ2n) is 5.01. The molecule has 2 heterocycles. The topological polar surface area (TPSA) is 44.3 Å². The lowest BCUT2D eigenvalue weighted by Gasteiger charge is -2.37. The Morgan fingerprint density at radius 1 is 1.32 bits per heavy atom. The molecule has 1 saturated heterocycles. The predicted molar refractivity (Wildman–Crippen MR) is 82.8 cm³/mol. The van der Waals surface area contributed by atoms with Crippen LogP contribution < -0.4 is 10.2 Å². The minimum Gasteiger partial charge on any atom is -0.354 e. The zero-order valence-electron chi connectivity index (χ0n) is 11.9. The van der Waals surface area contributed by atoms with Crippen LogP contribution in [0.15, 0.2) is 10.7 Å². The van der Waals surface area contributed by atoms with Crippen molar-refractivity contribution in [3.8, 4) is 0 Å². The molecule has 2 rings (SSSR count). The molecule has 19 heavy (non-hydrogen) atoms.